The maximum Gasteiger partial charge on any atom is 0.337 e. The number of hydrogen-bond acceptors (Lipinski definition) is 4. The van der Waals surface area contributed by atoms with Crippen LogP contribution in [0.2, 0.25) is 10.0 Å². The van der Waals surface area contributed by atoms with E-state index in [0.717, 1.165) is 19.2 Å². The van der Waals surface area contributed by atoms with Crippen molar-refractivity contribution < 1.29 is 24.1 Å². The fourth-order valence-corrected chi connectivity index (χ4v) is 1.50. The molecule has 2 atom stereocenters. The van der Waals surface area contributed by atoms with Gasteiger partial charge in [-0.05, 0) is 17.7 Å². The highest BCUT2D eigenvalue weighted by Crippen LogP contribution is 2.30. The third-order valence-electron chi connectivity index (χ3n) is 2.09. The molecule has 4 nitrogen and oxygen atoms in total. The lowest BCUT2D eigenvalue weighted by atomic mass is 10.0. The molecule has 7 heteroatoms. The van der Waals surface area contributed by atoms with Gasteiger partial charge in [0, 0.05) is 0 Å². The molecule has 0 fully saturated rings. The van der Waals surface area contributed by atoms with Crippen LogP contribution < -0.4 is 0 Å². The predicted molar refractivity (Wildman–Crippen MR) is 59.4 cm³/mol. The SMILES string of the molecule is COC(=O)C(O)C(O)c1cc(F)c(Cl)c(Cl)c1. The summed E-state index contributed by atoms with van der Waals surface area (Å²) >= 11 is 11.1. The van der Waals surface area contributed by atoms with E-state index in [9.17, 15) is 19.4 Å². The molecule has 1 aromatic rings. The Labute approximate surface area is 107 Å². The van der Waals surface area contributed by atoms with Gasteiger partial charge in [-0.2, -0.15) is 0 Å². The van der Waals surface area contributed by atoms with E-state index in [-0.39, 0.29) is 15.6 Å². The maximum absolute atomic E-state index is 13.2. The van der Waals surface area contributed by atoms with Gasteiger partial charge >= 0.3 is 5.97 Å². The van der Waals surface area contributed by atoms with E-state index in [1.807, 2.05) is 0 Å². The number of rotatable bonds is 3. The molecule has 0 amide bonds. The van der Waals surface area contributed by atoms with E-state index >= 15 is 0 Å². The molecule has 1 rings (SSSR count). The van der Waals surface area contributed by atoms with Crippen LogP contribution in [0.4, 0.5) is 4.39 Å². The highest BCUT2D eigenvalue weighted by atomic mass is 35.5. The van der Waals surface area contributed by atoms with Gasteiger partial charge in [-0.3, -0.25) is 0 Å². The number of halogens is 3. The second-order valence-corrected chi connectivity index (χ2v) is 4.00. The molecule has 0 radical (unpaired) electrons. The monoisotopic (exact) mass is 282 g/mol. The van der Waals surface area contributed by atoms with Crippen molar-refractivity contribution >= 4 is 29.2 Å². The largest absolute Gasteiger partial charge is 0.467 e. The Bertz CT molecular complexity index is 415. The standard InChI is InChI=1S/C10H9Cl2FO4/c1-17-10(16)9(15)8(14)4-2-5(11)7(12)6(13)3-4/h2-3,8-9,14-15H,1H3. The molecule has 1 aromatic carbocycles. The van der Waals surface area contributed by atoms with E-state index in [4.69, 9.17) is 23.2 Å². The number of carbonyl (C=O) groups excluding carboxylic acids is 1. The first-order valence-corrected chi connectivity index (χ1v) is 5.22. The summed E-state index contributed by atoms with van der Waals surface area (Å²) in [4.78, 5) is 11.0. The highest BCUT2D eigenvalue weighted by molar-refractivity contribution is 6.42. The molecule has 0 aliphatic rings. The second-order valence-electron chi connectivity index (χ2n) is 3.21. The van der Waals surface area contributed by atoms with Gasteiger partial charge in [0.15, 0.2) is 6.10 Å². The fraction of sp³-hybridized carbons (Fsp3) is 0.300. The van der Waals surface area contributed by atoms with Gasteiger partial charge in [-0.15, -0.1) is 0 Å². The Kier molecular flexibility index (Phi) is 4.70. The zero-order valence-electron chi connectivity index (χ0n) is 8.65. The molecule has 17 heavy (non-hydrogen) atoms. The van der Waals surface area contributed by atoms with Crippen molar-refractivity contribution in [3.63, 3.8) is 0 Å². The van der Waals surface area contributed by atoms with Crippen LogP contribution in [0.15, 0.2) is 12.1 Å². The summed E-state index contributed by atoms with van der Waals surface area (Å²) in [5, 5.41) is 18.6. The number of benzene rings is 1. The highest BCUT2D eigenvalue weighted by Gasteiger charge is 2.27. The lowest BCUT2D eigenvalue weighted by Crippen LogP contribution is -2.29. The Morgan fingerprint density at radius 1 is 1.41 bits per heavy atom. The van der Waals surface area contributed by atoms with E-state index < -0.39 is 24.0 Å². The molecule has 2 unspecified atom stereocenters. The van der Waals surface area contributed by atoms with Crippen LogP contribution in [0.1, 0.15) is 11.7 Å². The van der Waals surface area contributed by atoms with Crippen LogP contribution in [0.25, 0.3) is 0 Å². The molecule has 0 saturated heterocycles. The molecule has 94 valence electrons. The third-order valence-corrected chi connectivity index (χ3v) is 2.87. The van der Waals surface area contributed by atoms with Crippen molar-refractivity contribution in [3.8, 4) is 0 Å². The van der Waals surface area contributed by atoms with E-state index in [0.29, 0.717) is 0 Å². The quantitative estimate of drug-likeness (QED) is 0.654. The number of aliphatic hydroxyl groups excluding tert-OH is 2. The van der Waals surface area contributed by atoms with Crippen LogP contribution in [0, 0.1) is 5.82 Å². The molecule has 0 heterocycles. The average molecular weight is 283 g/mol. The summed E-state index contributed by atoms with van der Waals surface area (Å²) in [6.45, 7) is 0. The summed E-state index contributed by atoms with van der Waals surface area (Å²) in [7, 11) is 1.05. The maximum atomic E-state index is 13.2. The number of esters is 1. The van der Waals surface area contributed by atoms with Gasteiger partial charge in [0.1, 0.15) is 11.9 Å². The first-order valence-electron chi connectivity index (χ1n) is 4.47. The number of carbonyl (C=O) groups is 1. The normalized spacial score (nSPS) is 14.2. The van der Waals surface area contributed by atoms with Crippen molar-refractivity contribution in [2.75, 3.05) is 7.11 Å². The van der Waals surface area contributed by atoms with Gasteiger partial charge < -0.3 is 14.9 Å². The molecule has 0 bridgehead atoms. The van der Waals surface area contributed by atoms with Crippen LogP contribution >= 0.6 is 23.2 Å². The minimum atomic E-state index is -1.82. The first kappa shape index (κ1) is 14.2. The van der Waals surface area contributed by atoms with Crippen molar-refractivity contribution in [2.45, 2.75) is 12.2 Å². The summed E-state index contributed by atoms with van der Waals surface area (Å²) < 4.78 is 17.5. The number of methoxy groups -OCH3 is 1. The molecule has 0 aliphatic carbocycles. The number of aliphatic hydroxyl groups is 2. The van der Waals surface area contributed by atoms with Gasteiger partial charge in [-0.25, -0.2) is 9.18 Å². The smallest absolute Gasteiger partial charge is 0.337 e. The number of ether oxygens (including phenoxy) is 1. The van der Waals surface area contributed by atoms with Gasteiger partial charge in [-0.1, -0.05) is 23.2 Å². The number of hydrogen-bond donors (Lipinski definition) is 2. The van der Waals surface area contributed by atoms with E-state index in [2.05, 4.69) is 4.74 Å². The van der Waals surface area contributed by atoms with E-state index in [1.54, 1.807) is 0 Å². The van der Waals surface area contributed by atoms with Gasteiger partial charge in [0.25, 0.3) is 0 Å². The Hall–Kier alpha value is -0.880. The van der Waals surface area contributed by atoms with Gasteiger partial charge in [0.2, 0.25) is 0 Å². The molecule has 0 aliphatic heterocycles. The average Bonchev–Trinajstić information content (AvgIpc) is 2.32. The minimum absolute atomic E-state index is 0.0743. The summed E-state index contributed by atoms with van der Waals surface area (Å²) in [6.07, 6.45) is -3.47. The van der Waals surface area contributed by atoms with Crippen molar-refractivity contribution in [1.82, 2.24) is 0 Å². The van der Waals surface area contributed by atoms with Gasteiger partial charge in [0.05, 0.1) is 17.2 Å². The lowest BCUT2D eigenvalue weighted by molar-refractivity contribution is -0.156. The lowest BCUT2D eigenvalue weighted by Gasteiger charge is -2.16. The predicted octanol–water partition coefficient (Wildman–Crippen LogP) is 1.70. The molecule has 0 aromatic heterocycles. The zero-order chi connectivity index (χ0) is 13.2. The summed E-state index contributed by atoms with van der Waals surface area (Å²) in [5.41, 5.74) is -0.0743. The topological polar surface area (TPSA) is 66.8 Å². The molecular weight excluding hydrogens is 274 g/mol. The van der Waals surface area contributed by atoms with Crippen molar-refractivity contribution in [2.24, 2.45) is 0 Å². The Morgan fingerprint density at radius 3 is 2.47 bits per heavy atom. The van der Waals surface area contributed by atoms with Crippen LogP contribution in [-0.2, 0) is 9.53 Å². The zero-order valence-corrected chi connectivity index (χ0v) is 10.2. The van der Waals surface area contributed by atoms with Crippen LogP contribution in [0.5, 0.6) is 0 Å². The van der Waals surface area contributed by atoms with Crippen molar-refractivity contribution in [1.29, 1.82) is 0 Å². The van der Waals surface area contributed by atoms with Crippen LogP contribution in [-0.4, -0.2) is 29.4 Å². The van der Waals surface area contributed by atoms with Crippen LogP contribution in [0.3, 0.4) is 0 Å². The van der Waals surface area contributed by atoms with Crippen molar-refractivity contribution in [3.05, 3.63) is 33.6 Å². The van der Waals surface area contributed by atoms with E-state index in [1.165, 1.54) is 0 Å². The Balaban J connectivity index is 3.04. The summed E-state index contributed by atoms with van der Waals surface area (Å²) in [5.74, 6) is -1.89. The Morgan fingerprint density at radius 2 is 2.00 bits per heavy atom. The summed E-state index contributed by atoms with van der Waals surface area (Å²) in [6, 6.07) is 2.04. The molecular formula is C10H9Cl2FO4. The molecule has 0 spiro atoms. The fourth-order valence-electron chi connectivity index (χ4n) is 1.18. The third kappa shape index (κ3) is 3.07. The molecule has 2 N–H and O–H groups in total. The minimum Gasteiger partial charge on any atom is -0.467 e. The first-order chi connectivity index (χ1) is 7.88. The second kappa shape index (κ2) is 5.64. The molecule has 0 saturated carbocycles.